The summed E-state index contributed by atoms with van der Waals surface area (Å²) in [7, 11) is 0. The second-order valence-corrected chi connectivity index (χ2v) is 3.67. The van der Waals surface area contributed by atoms with Gasteiger partial charge in [0.2, 0.25) is 5.91 Å². The molecular weight excluding hydrogens is 236 g/mol. The summed E-state index contributed by atoms with van der Waals surface area (Å²) in [5, 5.41) is 19.5. The predicted octanol–water partition coefficient (Wildman–Crippen LogP) is -0.468. The Morgan fingerprint density at radius 1 is 1.22 bits per heavy atom. The zero-order valence-corrected chi connectivity index (χ0v) is 10.2. The highest BCUT2D eigenvalue weighted by Gasteiger charge is 2.08. The molecule has 0 fully saturated rings. The van der Waals surface area contributed by atoms with Gasteiger partial charge in [-0.15, -0.1) is 20.4 Å². The molecule has 2 rings (SSSR count). The monoisotopic (exact) mass is 248 g/mol. The lowest BCUT2D eigenvalue weighted by atomic mass is 10.4. The molecule has 0 saturated heterocycles. The molecule has 0 aromatic carbocycles. The third-order valence-electron chi connectivity index (χ3n) is 2.02. The summed E-state index contributed by atoms with van der Waals surface area (Å²) in [6.07, 6.45) is 0. The first-order chi connectivity index (χ1) is 8.56. The van der Waals surface area contributed by atoms with Crippen molar-refractivity contribution >= 4 is 11.9 Å². The highest BCUT2D eigenvalue weighted by atomic mass is 16.2. The predicted molar refractivity (Wildman–Crippen MR) is 61.7 cm³/mol. The van der Waals surface area contributed by atoms with Gasteiger partial charge in [0.1, 0.15) is 0 Å². The van der Waals surface area contributed by atoms with Gasteiger partial charge >= 0.3 is 0 Å². The van der Waals surface area contributed by atoms with E-state index in [9.17, 15) is 4.79 Å². The van der Waals surface area contributed by atoms with Crippen LogP contribution in [0.4, 0.5) is 5.95 Å². The van der Waals surface area contributed by atoms with Crippen LogP contribution >= 0.6 is 0 Å². The van der Waals surface area contributed by atoms with E-state index in [0.717, 1.165) is 11.4 Å². The second kappa shape index (κ2) is 4.73. The first kappa shape index (κ1) is 11.9. The van der Waals surface area contributed by atoms with Gasteiger partial charge < -0.3 is 0 Å². The van der Waals surface area contributed by atoms with Crippen molar-refractivity contribution in [3.8, 4) is 5.95 Å². The lowest BCUT2D eigenvalue weighted by Crippen LogP contribution is -2.28. The number of amides is 1. The second-order valence-electron chi connectivity index (χ2n) is 3.67. The Morgan fingerprint density at radius 2 is 1.89 bits per heavy atom. The van der Waals surface area contributed by atoms with Crippen molar-refractivity contribution in [1.29, 1.82) is 0 Å². The Balaban J connectivity index is 2.17. The maximum atomic E-state index is 10.7. The van der Waals surface area contributed by atoms with Gasteiger partial charge in [-0.2, -0.15) is 5.10 Å². The molecule has 1 amide bonds. The molecule has 18 heavy (non-hydrogen) atoms. The molecule has 9 nitrogen and oxygen atoms in total. The Morgan fingerprint density at radius 3 is 2.39 bits per heavy atom. The lowest BCUT2D eigenvalue weighted by molar-refractivity contribution is -0.118. The van der Waals surface area contributed by atoms with E-state index in [1.54, 1.807) is 0 Å². The minimum Gasteiger partial charge on any atom is -0.274 e. The summed E-state index contributed by atoms with van der Waals surface area (Å²) < 4.78 is 1.54. The van der Waals surface area contributed by atoms with Gasteiger partial charge in [-0.05, 0) is 19.9 Å². The number of nitrogens with one attached hydrogen (secondary N) is 2. The molecule has 0 bridgehead atoms. The summed E-state index contributed by atoms with van der Waals surface area (Å²) in [5.41, 5.74) is 6.53. The Bertz CT molecular complexity index is 560. The highest BCUT2D eigenvalue weighted by Crippen LogP contribution is 2.05. The molecule has 0 saturated carbocycles. The normalized spacial score (nSPS) is 10.2. The summed E-state index contributed by atoms with van der Waals surface area (Å²) in [6.45, 7) is 5.11. The van der Waals surface area contributed by atoms with Crippen molar-refractivity contribution < 1.29 is 4.79 Å². The SMILES string of the molecule is CC(=O)NNc1nnc(-n2nc(C)cc2C)nn1. The van der Waals surface area contributed by atoms with Gasteiger partial charge in [0.25, 0.3) is 11.9 Å². The number of carbonyl (C=O) groups is 1. The van der Waals surface area contributed by atoms with Crippen molar-refractivity contribution in [2.45, 2.75) is 20.8 Å². The smallest absolute Gasteiger partial charge is 0.274 e. The molecule has 94 valence electrons. The van der Waals surface area contributed by atoms with Gasteiger partial charge in [0, 0.05) is 12.6 Å². The lowest BCUT2D eigenvalue weighted by Gasteiger charge is -2.03. The van der Waals surface area contributed by atoms with E-state index in [4.69, 9.17) is 0 Å². The largest absolute Gasteiger partial charge is 0.289 e. The maximum Gasteiger partial charge on any atom is 0.289 e. The average molecular weight is 248 g/mol. The number of rotatable bonds is 3. The van der Waals surface area contributed by atoms with Crippen LogP contribution in [-0.2, 0) is 4.79 Å². The summed E-state index contributed by atoms with van der Waals surface area (Å²) in [5.74, 6) is 0.116. The number of hydrazine groups is 1. The first-order valence-electron chi connectivity index (χ1n) is 5.20. The zero-order valence-electron chi connectivity index (χ0n) is 10.2. The molecule has 2 aromatic heterocycles. The minimum absolute atomic E-state index is 0.107. The third kappa shape index (κ3) is 2.56. The molecule has 0 aliphatic heterocycles. The van der Waals surface area contributed by atoms with Crippen molar-refractivity contribution in [3.05, 3.63) is 17.5 Å². The van der Waals surface area contributed by atoms with Gasteiger partial charge in [-0.3, -0.25) is 15.6 Å². The molecule has 0 spiro atoms. The molecule has 0 radical (unpaired) electrons. The molecule has 2 aromatic rings. The fourth-order valence-electron chi connectivity index (χ4n) is 1.33. The van der Waals surface area contributed by atoms with Crippen molar-refractivity contribution in [3.63, 3.8) is 0 Å². The van der Waals surface area contributed by atoms with Gasteiger partial charge in [0.15, 0.2) is 0 Å². The van der Waals surface area contributed by atoms with Crippen LogP contribution in [0.3, 0.4) is 0 Å². The molecular formula is C9H12N8O. The fraction of sp³-hybridized carbons (Fsp3) is 0.333. The van der Waals surface area contributed by atoms with E-state index in [1.165, 1.54) is 11.6 Å². The minimum atomic E-state index is -0.263. The van der Waals surface area contributed by atoms with E-state index >= 15 is 0 Å². The number of carbonyl (C=O) groups excluding carboxylic acids is 1. The van der Waals surface area contributed by atoms with Crippen LogP contribution in [0.2, 0.25) is 0 Å². The molecule has 0 unspecified atom stereocenters. The third-order valence-corrected chi connectivity index (χ3v) is 2.02. The van der Waals surface area contributed by atoms with Gasteiger partial charge in [-0.25, -0.2) is 4.68 Å². The van der Waals surface area contributed by atoms with Crippen LogP contribution in [-0.4, -0.2) is 36.1 Å². The van der Waals surface area contributed by atoms with Crippen LogP contribution in [0.25, 0.3) is 5.95 Å². The van der Waals surface area contributed by atoms with Crippen LogP contribution in [0.1, 0.15) is 18.3 Å². The molecule has 2 N–H and O–H groups in total. The Kier molecular flexibility index (Phi) is 3.13. The van der Waals surface area contributed by atoms with Crippen LogP contribution < -0.4 is 10.9 Å². The van der Waals surface area contributed by atoms with E-state index in [1.807, 2.05) is 19.9 Å². The molecule has 0 aliphatic carbocycles. The van der Waals surface area contributed by atoms with E-state index in [2.05, 4.69) is 36.3 Å². The molecule has 0 atom stereocenters. The number of hydrogen-bond donors (Lipinski definition) is 2. The van der Waals surface area contributed by atoms with Crippen molar-refractivity contribution in [2.24, 2.45) is 0 Å². The van der Waals surface area contributed by atoms with Crippen LogP contribution in [0.5, 0.6) is 0 Å². The summed E-state index contributed by atoms with van der Waals surface area (Å²) in [6, 6.07) is 1.90. The van der Waals surface area contributed by atoms with E-state index in [0.29, 0.717) is 0 Å². The van der Waals surface area contributed by atoms with Crippen LogP contribution in [0.15, 0.2) is 6.07 Å². The Hall–Kier alpha value is -2.58. The zero-order chi connectivity index (χ0) is 13.1. The number of aryl methyl sites for hydroxylation is 2. The number of aromatic nitrogens is 6. The first-order valence-corrected chi connectivity index (χ1v) is 5.20. The number of anilines is 1. The molecule has 9 heteroatoms. The summed E-state index contributed by atoms with van der Waals surface area (Å²) >= 11 is 0. The fourth-order valence-corrected chi connectivity index (χ4v) is 1.33. The van der Waals surface area contributed by atoms with Crippen LogP contribution in [0, 0.1) is 13.8 Å². The van der Waals surface area contributed by atoms with Crippen molar-refractivity contribution in [1.82, 2.24) is 35.6 Å². The topological polar surface area (TPSA) is 111 Å². The van der Waals surface area contributed by atoms with Gasteiger partial charge in [-0.1, -0.05) is 0 Å². The standard InChI is InChI=1S/C9H12N8O/c1-5-4-6(2)17(16-5)9-14-12-8(13-15-9)11-10-7(3)18/h4H,1-3H3,(H,10,18)(H,11,12,13). The van der Waals surface area contributed by atoms with Crippen molar-refractivity contribution in [2.75, 3.05) is 5.43 Å². The molecule has 2 heterocycles. The highest BCUT2D eigenvalue weighted by molar-refractivity contribution is 5.73. The number of nitrogens with zero attached hydrogens (tertiary/aromatic N) is 6. The van der Waals surface area contributed by atoms with Gasteiger partial charge in [0.05, 0.1) is 5.69 Å². The summed E-state index contributed by atoms with van der Waals surface area (Å²) in [4.78, 5) is 10.7. The van der Waals surface area contributed by atoms with E-state index in [-0.39, 0.29) is 17.8 Å². The number of hydrogen-bond acceptors (Lipinski definition) is 7. The van der Waals surface area contributed by atoms with E-state index < -0.39 is 0 Å². The average Bonchev–Trinajstić information content (AvgIpc) is 2.66. The molecule has 0 aliphatic rings. The maximum absolute atomic E-state index is 10.7. The Labute approximate surface area is 103 Å². The quantitative estimate of drug-likeness (QED) is 0.706.